The minimum atomic E-state index is -0.648. The molecule has 32 atom stereocenters. The summed E-state index contributed by atoms with van der Waals surface area (Å²) >= 11 is 0. The Bertz CT molecular complexity index is 5700. The molecule has 16 saturated carbocycles. The van der Waals surface area contributed by atoms with E-state index in [-0.39, 0.29) is 81.6 Å². The Morgan fingerprint density at radius 1 is 0.348 bits per heavy atom. The molecule has 0 saturated heterocycles. The van der Waals surface area contributed by atoms with Crippen molar-refractivity contribution in [3.63, 3.8) is 0 Å². The molecular weight excluding hydrogens is 1740 g/mol. The molecule has 0 radical (unpaired) electrons. The second-order valence-electron chi connectivity index (χ2n) is 49.2. The standard InChI is InChI=1S/2C28H38FN3O3.2C28H39N3O3/c1-27-11-9-20-19-10-12-28(34,16-35-2)14-17(19)3-5-21(20)22(27)6-7-23(27)26(33)15-32-25-8-4-18(29)13-24(25)30-31-32;1-27-11-9-20-19-10-12-28(34,16-35-2)14-17(19)3-5-21(20)22(27)6-7-23(27)26(33)15-32-25-13-18(29)4-8-24(25)30-31-32;1-27-10-7-21-20-8-11-28(33,17-34-2)13-18(20)3-4-22(21)23(27)5-6-24(27)26(32)16-31-15-19-9-12-29-14-25(19)30-31;1-27-10-7-21-20-8-11-28(33,17-34-2)13-18(20)3-4-22(21)23(27)5-6-24(27)26(32)16-31-25-15-29-12-9-19(25)14-30-31/h2*4,8,13,17,19-23,34H,3,5-7,9-12,14-16H2,1-2H3;2*9,12,14-15,18,20-24,33H,3-8,10-11,13,16-17H2,1-2H3/t2*17-,19+,20-,21-,22+,23-,27+,28-;2*18-,20+,21-,22-,23+,24-,27+,28-/m1111/s1. The number of benzene rings is 2. The highest BCUT2D eigenvalue weighted by Gasteiger charge is 2.65. The van der Waals surface area contributed by atoms with Crippen LogP contribution in [0.15, 0.2) is 85.7 Å². The summed E-state index contributed by atoms with van der Waals surface area (Å²) in [4.78, 5) is 62.8. The first-order valence-electron chi connectivity index (χ1n) is 53.9. The Morgan fingerprint density at radius 3 is 1.11 bits per heavy atom. The number of carbonyl (C=O) groups excluding carboxylic acids is 4. The van der Waals surface area contributed by atoms with Crippen LogP contribution in [0.25, 0.3) is 43.9 Å². The lowest BCUT2D eigenvalue weighted by Crippen LogP contribution is -2.52. The van der Waals surface area contributed by atoms with Crippen molar-refractivity contribution in [2.75, 3.05) is 54.9 Å². The van der Waals surface area contributed by atoms with Gasteiger partial charge in [-0.2, -0.15) is 10.2 Å². The lowest BCUT2D eigenvalue weighted by molar-refractivity contribution is -0.137. The van der Waals surface area contributed by atoms with Gasteiger partial charge in [0.1, 0.15) is 47.8 Å². The number of hydrogen-bond acceptors (Lipinski definition) is 20. The van der Waals surface area contributed by atoms with E-state index in [1.165, 1.54) is 127 Å². The van der Waals surface area contributed by atoms with Gasteiger partial charge in [0.25, 0.3) is 0 Å². The highest BCUT2D eigenvalue weighted by Crippen LogP contribution is 2.71. The minimum Gasteiger partial charge on any atom is -0.387 e. The summed E-state index contributed by atoms with van der Waals surface area (Å²) in [6, 6.07) is 12.8. The lowest BCUT2D eigenvalue weighted by Gasteiger charge is -2.57. The first-order valence-corrected chi connectivity index (χ1v) is 53.9. The Labute approximate surface area is 812 Å². The highest BCUT2D eigenvalue weighted by atomic mass is 19.1. The van der Waals surface area contributed by atoms with E-state index < -0.39 is 22.4 Å². The molecule has 16 fully saturated rings. The van der Waals surface area contributed by atoms with Gasteiger partial charge in [0.15, 0.2) is 23.1 Å². The molecule has 0 amide bonds. The van der Waals surface area contributed by atoms with Crippen LogP contribution >= 0.6 is 0 Å². The maximum atomic E-state index is 13.8. The smallest absolute Gasteiger partial charge is 0.157 e. The van der Waals surface area contributed by atoms with Crippen LogP contribution in [0.4, 0.5) is 8.78 Å². The van der Waals surface area contributed by atoms with E-state index in [4.69, 9.17) is 18.9 Å². The van der Waals surface area contributed by atoms with Gasteiger partial charge in [-0.15, -0.1) is 10.2 Å². The first kappa shape index (κ1) is 96.8. The number of pyridine rings is 2. The van der Waals surface area contributed by atoms with Gasteiger partial charge in [0.05, 0.1) is 90.5 Å². The minimum absolute atomic E-state index is 0.0390. The van der Waals surface area contributed by atoms with E-state index in [1.807, 2.05) is 40.1 Å². The maximum absolute atomic E-state index is 13.8. The zero-order chi connectivity index (χ0) is 95.7. The molecule has 748 valence electrons. The number of rotatable bonds is 20. The zero-order valence-electron chi connectivity index (χ0n) is 83.2. The van der Waals surface area contributed by atoms with Gasteiger partial charge in [-0.25, -0.2) is 18.1 Å². The van der Waals surface area contributed by atoms with Crippen molar-refractivity contribution in [1.29, 1.82) is 0 Å². The van der Waals surface area contributed by atoms with Crippen molar-refractivity contribution >= 4 is 67.0 Å². The average molecular weight is 1900 g/mol. The number of aliphatic hydroxyl groups is 4. The molecule has 16 aliphatic carbocycles. The van der Waals surface area contributed by atoms with Gasteiger partial charge >= 0.3 is 0 Å². The first-order chi connectivity index (χ1) is 66.4. The van der Waals surface area contributed by atoms with Crippen molar-refractivity contribution < 1.29 is 67.3 Å². The largest absolute Gasteiger partial charge is 0.387 e. The van der Waals surface area contributed by atoms with E-state index in [0.717, 1.165) is 198 Å². The third kappa shape index (κ3) is 17.8. The van der Waals surface area contributed by atoms with Crippen LogP contribution in [0, 0.1) is 175 Å². The van der Waals surface area contributed by atoms with Crippen molar-refractivity contribution in [1.82, 2.24) is 59.5 Å². The van der Waals surface area contributed by atoms with E-state index in [9.17, 15) is 48.4 Å². The monoisotopic (exact) mass is 1900 g/mol. The Balaban J connectivity index is 0.000000110. The zero-order valence-corrected chi connectivity index (χ0v) is 83.2. The molecule has 0 spiro atoms. The number of hydrogen-bond donors (Lipinski definition) is 4. The lowest BCUT2D eigenvalue weighted by atomic mass is 9.49. The molecule has 8 aromatic rings. The molecule has 26 heteroatoms. The molecule has 4 N–H and O–H groups in total. The van der Waals surface area contributed by atoms with Crippen molar-refractivity contribution in [3.05, 3.63) is 97.3 Å². The van der Waals surface area contributed by atoms with Crippen molar-refractivity contribution in [3.8, 4) is 0 Å². The number of halogens is 2. The summed E-state index contributed by atoms with van der Waals surface area (Å²) in [7, 11) is 6.77. The Morgan fingerprint density at radius 2 is 0.703 bits per heavy atom. The maximum Gasteiger partial charge on any atom is 0.157 e. The molecule has 24 nitrogen and oxygen atoms in total. The molecule has 6 aromatic heterocycles. The Kier molecular flexibility index (Phi) is 26.9. The Hall–Kier alpha value is -7.30. The van der Waals surface area contributed by atoms with E-state index in [2.05, 4.69) is 68.5 Å². The number of nitrogens with zero attached hydrogens (tertiary/aromatic N) is 12. The predicted octanol–water partition coefficient (Wildman–Crippen LogP) is 18.9. The SMILES string of the molecule is COC[C@@]1(O)CC[C@H]2[C@H](CC[C@@H]3[C@@H]2CC[C@]2(C)[C@@H](C(=O)Cn4cc5ccncc5n4)CC[C@@H]32)C1.COC[C@@]1(O)CC[C@H]2[C@H](CC[C@@H]3[C@@H]2CC[C@]2(C)[C@@H](C(=O)Cn4ncc5ccncc54)CC[C@@H]32)C1.COC[C@@]1(O)CC[C@H]2[C@H](CC[C@@H]3[C@@H]2CC[C@]2(C)[C@@H](C(=O)Cn4nnc5cc(F)ccc54)CC[C@@H]32)C1.COC[C@@]1(O)CC[C@H]2[C@H](CC[C@@H]3[C@@H]2CC[C@]2(C)[C@@H](C(=O)Cn4nnc5ccc(F)cc54)CC[C@@H]32)C1. The molecular formula is C112H154F2N12O12. The fourth-order valence-electron chi connectivity index (χ4n) is 36.8. The molecule has 24 rings (SSSR count). The predicted molar refractivity (Wildman–Crippen MR) is 520 cm³/mol. The second kappa shape index (κ2) is 38.3. The fraction of sp³-hybridized carbons (Fsp3) is 0.750. The van der Waals surface area contributed by atoms with Gasteiger partial charge < -0.3 is 39.4 Å². The van der Waals surface area contributed by atoms with Gasteiger partial charge in [0, 0.05) is 93.6 Å². The number of methoxy groups -OCH3 is 4. The number of ether oxygens (including phenoxy) is 4. The summed E-state index contributed by atoms with van der Waals surface area (Å²) in [5.41, 5.74) is 2.04. The summed E-state index contributed by atoms with van der Waals surface area (Å²) < 4.78 is 55.6. The van der Waals surface area contributed by atoms with Gasteiger partial charge in [-0.3, -0.25) is 38.5 Å². The van der Waals surface area contributed by atoms with E-state index in [1.54, 1.807) is 68.5 Å². The van der Waals surface area contributed by atoms with Gasteiger partial charge in [0.2, 0.25) is 0 Å². The van der Waals surface area contributed by atoms with Crippen LogP contribution in [0.2, 0.25) is 0 Å². The third-order valence-corrected chi connectivity index (χ3v) is 42.6. The van der Waals surface area contributed by atoms with E-state index >= 15 is 0 Å². The second-order valence-corrected chi connectivity index (χ2v) is 49.2. The average Bonchev–Trinajstić information content (AvgIpc) is 1.56. The summed E-state index contributed by atoms with van der Waals surface area (Å²) in [5.74, 6) is 14.8. The number of carbonyl (C=O) groups is 4. The normalized spacial score (nSPS) is 41.2. The number of ketones is 4. The van der Waals surface area contributed by atoms with Gasteiger partial charge in [-0.05, 0) is 408 Å². The van der Waals surface area contributed by atoms with Crippen LogP contribution in [0.1, 0.15) is 259 Å². The van der Waals surface area contributed by atoms with Crippen LogP contribution in [0.5, 0.6) is 0 Å². The van der Waals surface area contributed by atoms with E-state index in [0.29, 0.717) is 144 Å². The summed E-state index contributed by atoms with van der Waals surface area (Å²) in [6.07, 6.45) is 50.4. The van der Waals surface area contributed by atoms with Crippen LogP contribution < -0.4 is 0 Å². The van der Waals surface area contributed by atoms with Crippen LogP contribution in [-0.4, -0.2) is 180 Å². The fourth-order valence-corrected chi connectivity index (χ4v) is 36.8. The van der Waals surface area contributed by atoms with Crippen LogP contribution in [0.3, 0.4) is 0 Å². The molecule has 0 aliphatic heterocycles. The van der Waals surface area contributed by atoms with Gasteiger partial charge in [-0.1, -0.05) is 38.1 Å². The number of aromatic nitrogens is 12. The summed E-state index contributed by atoms with van der Waals surface area (Å²) in [6.45, 7) is 12.6. The summed E-state index contributed by atoms with van der Waals surface area (Å²) in [5, 5.41) is 71.6. The number of Topliss-reactive ketones (excluding diaryl/α,β-unsaturated/α-hetero) is 4. The van der Waals surface area contributed by atoms with Crippen molar-refractivity contribution in [2.45, 2.75) is 307 Å². The molecule has 0 unspecified atom stereocenters. The molecule has 0 bridgehead atoms. The highest BCUT2D eigenvalue weighted by molar-refractivity contribution is 5.87. The molecule has 138 heavy (non-hydrogen) atoms. The third-order valence-electron chi connectivity index (χ3n) is 42.6. The topological polar surface area (TPSA) is 309 Å². The molecule has 2 aromatic carbocycles. The van der Waals surface area contributed by atoms with Crippen molar-refractivity contribution in [2.24, 2.45) is 164 Å². The van der Waals surface area contributed by atoms with Crippen LogP contribution in [-0.2, 0) is 64.3 Å². The number of fused-ring (bicyclic) bond motifs is 24. The quantitative estimate of drug-likeness (QED) is 0.0551. The molecule has 6 heterocycles. The molecule has 16 aliphatic rings.